The lowest BCUT2D eigenvalue weighted by molar-refractivity contribution is 0.366. The summed E-state index contributed by atoms with van der Waals surface area (Å²) in [5, 5.41) is 0.147. The number of sulfonamides is 1. The molecule has 1 heterocycles. The molecule has 18 heavy (non-hydrogen) atoms. The molecule has 1 aromatic rings. The Morgan fingerprint density at radius 1 is 1.44 bits per heavy atom. The number of nitrogens with zero attached hydrogens (tertiary/aromatic N) is 1. The summed E-state index contributed by atoms with van der Waals surface area (Å²) < 4.78 is 26.6. The van der Waals surface area contributed by atoms with Crippen LogP contribution in [0.3, 0.4) is 0 Å². The number of imidazole rings is 1. The van der Waals surface area contributed by atoms with E-state index in [1.165, 1.54) is 6.20 Å². The number of aromatic amines is 1. The van der Waals surface area contributed by atoms with Crippen LogP contribution >= 0.6 is 15.9 Å². The van der Waals surface area contributed by atoms with Gasteiger partial charge in [-0.25, -0.2) is 18.1 Å². The van der Waals surface area contributed by atoms with Gasteiger partial charge in [-0.05, 0) is 38.5 Å². The average Bonchev–Trinajstić information content (AvgIpc) is 2.76. The molecule has 1 aliphatic rings. The van der Waals surface area contributed by atoms with Crippen LogP contribution in [-0.4, -0.2) is 29.8 Å². The van der Waals surface area contributed by atoms with Crippen molar-refractivity contribution in [2.75, 3.05) is 6.54 Å². The number of hydrogen-bond acceptors (Lipinski definition) is 3. The maximum atomic E-state index is 12.0. The maximum absolute atomic E-state index is 12.0. The monoisotopic (exact) mass is 335 g/mol. The second-order valence-electron chi connectivity index (χ2n) is 4.80. The van der Waals surface area contributed by atoms with Gasteiger partial charge in [-0.1, -0.05) is 15.9 Å². The molecular weight excluding hydrogens is 318 g/mol. The smallest absolute Gasteiger partial charge is 0.257 e. The van der Waals surface area contributed by atoms with Crippen molar-refractivity contribution in [3.8, 4) is 0 Å². The second kappa shape index (κ2) is 5.71. The predicted octanol–water partition coefficient (Wildman–Crippen LogP) is 1.95. The molecule has 0 amide bonds. The molecule has 1 saturated carbocycles. The molecule has 1 fully saturated rings. The van der Waals surface area contributed by atoms with E-state index in [4.69, 9.17) is 0 Å². The third kappa shape index (κ3) is 3.55. The number of rotatable bonds is 4. The van der Waals surface area contributed by atoms with Crippen molar-refractivity contribution < 1.29 is 8.42 Å². The quantitative estimate of drug-likeness (QED) is 0.826. The maximum Gasteiger partial charge on any atom is 0.257 e. The minimum Gasteiger partial charge on any atom is -0.332 e. The van der Waals surface area contributed by atoms with E-state index >= 15 is 0 Å². The lowest BCUT2D eigenvalue weighted by Crippen LogP contribution is -2.31. The first-order valence-electron chi connectivity index (χ1n) is 6.13. The van der Waals surface area contributed by atoms with Crippen molar-refractivity contribution in [3.05, 3.63) is 12.0 Å². The third-order valence-electron chi connectivity index (χ3n) is 3.31. The number of aryl methyl sites for hydroxylation is 1. The summed E-state index contributed by atoms with van der Waals surface area (Å²) in [5.74, 6) is 1.05. The topological polar surface area (TPSA) is 74.8 Å². The zero-order valence-corrected chi connectivity index (χ0v) is 12.7. The Hall–Kier alpha value is -0.400. The Labute approximate surface area is 116 Å². The van der Waals surface area contributed by atoms with Gasteiger partial charge in [0.05, 0.1) is 6.20 Å². The highest BCUT2D eigenvalue weighted by Gasteiger charge is 2.22. The summed E-state index contributed by atoms with van der Waals surface area (Å²) in [7, 11) is -3.43. The van der Waals surface area contributed by atoms with E-state index in [1.54, 1.807) is 6.92 Å². The lowest BCUT2D eigenvalue weighted by atomic mass is 9.89. The zero-order valence-electron chi connectivity index (χ0n) is 10.3. The van der Waals surface area contributed by atoms with E-state index in [9.17, 15) is 8.42 Å². The van der Waals surface area contributed by atoms with Crippen LogP contribution in [0.1, 0.15) is 31.5 Å². The molecule has 2 N–H and O–H groups in total. The first-order valence-corrected chi connectivity index (χ1v) is 8.52. The summed E-state index contributed by atoms with van der Waals surface area (Å²) in [5.41, 5.74) is 0. The summed E-state index contributed by atoms with van der Waals surface area (Å²) in [6, 6.07) is 0. The highest BCUT2D eigenvalue weighted by molar-refractivity contribution is 9.09. The van der Waals surface area contributed by atoms with Crippen molar-refractivity contribution >= 4 is 26.0 Å². The highest BCUT2D eigenvalue weighted by Crippen LogP contribution is 2.28. The van der Waals surface area contributed by atoms with Crippen LogP contribution in [0, 0.1) is 12.8 Å². The normalized spacial score (nSPS) is 25.2. The molecule has 102 valence electrons. The Bertz CT molecular complexity index is 492. The number of nitrogens with one attached hydrogen (secondary N) is 2. The average molecular weight is 336 g/mol. The number of aromatic nitrogens is 2. The van der Waals surface area contributed by atoms with E-state index in [0.717, 1.165) is 25.7 Å². The van der Waals surface area contributed by atoms with Crippen LogP contribution < -0.4 is 4.72 Å². The van der Waals surface area contributed by atoms with Crippen molar-refractivity contribution in [2.24, 2.45) is 5.92 Å². The van der Waals surface area contributed by atoms with E-state index in [-0.39, 0.29) is 5.03 Å². The number of H-pyrrole nitrogens is 1. The fourth-order valence-electron chi connectivity index (χ4n) is 2.17. The van der Waals surface area contributed by atoms with Gasteiger partial charge in [0.15, 0.2) is 5.03 Å². The van der Waals surface area contributed by atoms with Gasteiger partial charge in [-0.3, -0.25) is 0 Å². The van der Waals surface area contributed by atoms with Crippen LogP contribution in [0.4, 0.5) is 0 Å². The van der Waals surface area contributed by atoms with Gasteiger partial charge >= 0.3 is 0 Å². The van der Waals surface area contributed by atoms with Gasteiger partial charge in [-0.2, -0.15) is 0 Å². The molecule has 5 nitrogen and oxygen atoms in total. The largest absolute Gasteiger partial charge is 0.332 e. The van der Waals surface area contributed by atoms with Gasteiger partial charge < -0.3 is 4.98 Å². The van der Waals surface area contributed by atoms with Gasteiger partial charge in [0.25, 0.3) is 10.0 Å². The Morgan fingerprint density at radius 3 is 2.67 bits per heavy atom. The molecule has 0 unspecified atom stereocenters. The number of hydrogen-bond donors (Lipinski definition) is 2. The minimum atomic E-state index is -3.43. The van der Waals surface area contributed by atoms with Crippen molar-refractivity contribution in [3.63, 3.8) is 0 Å². The lowest BCUT2D eigenvalue weighted by Gasteiger charge is -2.25. The molecular formula is C11H18BrN3O2S. The van der Waals surface area contributed by atoms with Crippen molar-refractivity contribution in [1.82, 2.24) is 14.7 Å². The second-order valence-corrected chi connectivity index (χ2v) is 7.83. The molecule has 0 atom stereocenters. The van der Waals surface area contributed by atoms with Crippen LogP contribution in [0.2, 0.25) is 0 Å². The van der Waals surface area contributed by atoms with E-state index in [0.29, 0.717) is 23.1 Å². The molecule has 7 heteroatoms. The number of halogens is 1. The minimum absolute atomic E-state index is 0.147. The molecule has 0 aliphatic heterocycles. The van der Waals surface area contributed by atoms with E-state index in [2.05, 4.69) is 30.6 Å². The summed E-state index contributed by atoms with van der Waals surface area (Å²) in [4.78, 5) is 7.25. The Balaban J connectivity index is 1.90. The molecule has 0 radical (unpaired) electrons. The van der Waals surface area contributed by atoms with E-state index in [1.807, 2.05) is 0 Å². The molecule has 0 spiro atoms. The molecule has 1 aromatic heterocycles. The first kappa shape index (κ1) is 14.0. The summed E-state index contributed by atoms with van der Waals surface area (Å²) in [6.07, 6.45) is 5.74. The fourth-order valence-corrected chi connectivity index (χ4v) is 3.78. The first-order chi connectivity index (χ1) is 8.47. The fraction of sp³-hybridized carbons (Fsp3) is 0.727. The third-order valence-corrected chi connectivity index (χ3v) is 5.56. The predicted molar refractivity (Wildman–Crippen MR) is 73.2 cm³/mol. The van der Waals surface area contributed by atoms with Crippen LogP contribution in [0.15, 0.2) is 11.2 Å². The Kier molecular flexibility index (Phi) is 4.45. The Morgan fingerprint density at radius 2 is 2.11 bits per heavy atom. The SMILES string of the molecule is Cc1ncc(S(=O)(=O)NCC2CCC(Br)CC2)[nH]1. The van der Waals surface area contributed by atoms with Crippen molar-refractivity contribution in [2.45, 2.75) is 42.5 Å². The van der Waals surface area contributed by atoms with Crippen LogP contribution in [-0.2, 0) is 10.0 Å². The summed E-state index contributed by atoms with van der Waals surface area (Å²) in [6.45, 7) is 2.25. The van der Waals surface area contributed by atoms with Gasteiger partial charge in [0.1, 0.15) is 5.82 Å². The highest BCUT2D eigenvalue weighted by atomic mass is 79.9. The molecule has 0 bridgehead atoms. The van der Waals surface area contributed by atoms with E-state index < -0.39 is 10.0 Å². The van der Waals surface area contributed by atoms with Gasteiger partial charge in [-0.15, -0.1) is 0 Å². The summed E-state index contributed by atoms with van der Waals surface area (Å²) >= 11 is 3.59. The van der Waals surface area contributed by atoms with Gasteiger partial charge in [0, 0.05) is 11.4 Å². The number of alkyl halides is 1. The molecule has 0 aromatic carbocycles. The van der Waals surface area contributed by atoms with Crippen molar-refractivity contribution in [1.29, 1.82) is 0 Å². The van der Waals surface area contributed by atoms with Gasteiger partial charge in [0.2, 0.25) is 0 Å². The zero-order chi connectivity index (χ0) is 13.2. The molecule has 1 aliphatic carbocycles. The standard InChI is InChI=1S/C11H18BrN3O2S/c1-8-13-7-11(15-8)18(16,17)14-6-9-2-4-10(12)5-3-9/h7,9-10,14H,2-6H2,1H3,(H,13,15). The van der Waals surface area contributed by atoms with Crippen LogP contribution in [0.5, 0.6) is 0 Å². The molecule has 0 saturated heterocycles. The van der Waals surface area contributed by atoms with Crippen LogP contribution in [0.25, 0.3) is 0 Å². The molecule has 2 rings (SSSR count).